The zero-order valence-corrected chi connectivity index (χ0v) is 14.1. The molecule has 5 nitrogen and oxygen atoms in total. The predicted octanol–water partition coefficient (Wildman–Crippen LogP) is 2.60. The van der Waals surface area contributed by atoms with Gasteiger partial charge in [-0.25, -0.2) is 0 Å². The summed E-state index contributed by atoms with van der Waals surface area (Å²) in [4.78, 5) is 14.0. The monoisotopic (exact) mass is 336 g/mol. The first-order chi connectivity index (χ1) is 12.2. The van der Waals surface area contributed by atoms with E-state index in [2.05, 4.69) is 6.07 Å². The molecular weight excluding hydrogens is 316 g/mol. The molecule has 0 atom stereocenters. The molecule has 0 saturated heterocycles. The number of carbonyl (C=O) groups excluding carboxylic acids is 1. The highest BCUT2D eigenvalue weighted by Gasteiger charge is 2.13. The highest BCUT2D eigenvalue weighted by atomic mass is 16.5. The van der Waals surface area contributed by atoms with Gasteiger partial charge in [0.05, 0.1) is 25.3 Å². The van der Waals surface area contributed by atoms with Crippen molar-refractivity contribution in [3.05, 3.63) is 71.3 Å². The van der Waals surface area contributed by atoms with Gasteiger partial charge in [0.2, 0.25) is 5.91 Å². The molecule has 1 N–H and O–H groups in total. The number of rotatable bonds is 7. The summed E-state index contributed by atoms with van der Waals surface area (Å²) in [5.41, 5.74) is 2.18. The molecule has 0 unspecified atom stereocenters. The van der Waals surface area contributed by atoms with E-state index >= 15 is 0 Å². The maximum Gasteiger partial charge on any atom is 0.246 e. The number of aliphatic hydroxyl groups excluding tert-OH is 1. The number of carbonyl (C=O) groups is 1. The van der Waals surface area contributed by atoms with Crippen LogP contribution >= 0.6 is 0 Å². The Balaban J connectivity index is 2.14. The van der Waals surface area contributed by atoms with Gasteiger partial charge in [-0.2, -0.15) is 5.26 Å². The molecule has 2 aromatic carbocycles. The Morgan fingerprint density at radius 3 is 2.80 bits per heavy atom. The van der Waals surface area contributed by atoms with E-state index < -0.39 is 0 Å². The summed E-state index contributed by atoms with van der Waals surface area (Å²) in [6.45, 7) is 0.435. The molecular formula is C20H20N2O3. The Bertz CT molecular complexity index is 794. The summed E-state index contributed by atoms with van der Waals surface area (Å²) in [7, 11) is 1.58. The van der Waals surface area contributed by atoms with E-state index in [1.807, 2.05) is 30.3 Å². The molecule has 0 bridgehead atoms. The third kappa shape index (κ3) is 5.20. The summed E-state index contributed by atoms with van der Waals surface area (Å²) in [6.07, 6.45) is 3.11. The van der Waals surface area contributed by atoms with Crippen LogP contribution in [0.2, 0.25) is 0 Å². The van der Waals surface area contributed by atoms with Crippen molar-refractivity contribution in [2.75, 3.05) is 20.3 Å². The van der Waals surface area contributed by atoms with Gasteiger partial charge in [-0.15, -0.1) is 0 Å². The number of nitrogens with zero attached hydrogens (tertiary/aromatic N) is 2. The average Bonchev–Trinajstić information content (AvgIpc) is 2.66. The number of ether oxygens (including phenoxy) is 1. The second-order valence-electron chi connectivity index (χ2n) is 5.37. The van der Waals surface area contributed by atoms with E-state index in [1.54, 1.807) is 36.3 Å². The minimum atomic E-state index is -0.220. The molecule has 0 aliphatic carbocycles. The number of amides is 1. The lowest BCUT2D eigenvalue weighted by atomic mass is 10.1. The van der Waals surface area contributed by atoms with Crippen molar-refractivity contribution in [2.45, 2.75) is 6.54 Å². The fraction of sp³-hybridized carbons (Fsp3) is 0.200. The number of methoxy groups -OCH3 is 1. The van der Waals surface area contributed by atoms with E-state index in [0.29, 0.717) is 17.9 Å². The molecule has 0 aliphatic rings. The van der Waals surface area contributed by atoms with Crippen LogP contribution in [0.3, 0.4) is 0 Å². The maximum atomic E-state index is 12.5. The van der Waals surface area contributed by atoms with Crippen LogP contribution in [0.15, 0.2) is 54.6 Å². The van der Waals surface area contributed by atoms with E-state index in [0.717, 1.165) is 11.1 Å². The summed E-state index contributed by atoms with van der Waals surface area (Å²) in [5, 5.41) is 18.2. The van der Waals surface area contributed by atoms with Crippen LogP contribution in [0, 0.1) is 11.3 Å². The first-order valence-corrected chi connectivity index (χ1v) is 7.88. The highest BCUT2D eigenvalue weighted by Crippen LogP contribution is 2.19. The Kier molecular flexibility index (Phi) is 6.76. The summed E-state index contributed by atoms with van der Waals surface area (Å²) < 4.78 is 5.31. The summed E-state index contributed by atoms with van der Waals surface area (Å²) in [6, 6.07) is 16.5. The van der Waals surface area contributed by atoms with Crippen molar-refractivity contribution in [3.63, 3.8) is 0 Å². The molecule has 0 fully saturated rings. The van der Waals surface area contributed by atoms with Gasteiger partial charge in [0, 0.05) is 24.7 Å². The number of hydrogen-bond acceptors (Lipinski definition) is 4. The molecule has 0 radical (unpaired) electrons. The van der Waals surface area contributed by atoms with Crippen LogP contribution in [0.1, 0.15) is 16.7 Å². The molecule has 0 aromatic heterocycles. The van der Waals surface area contributed by atoms with Crippen LogP contribution in [0.25, 0.3) is 6.08 Å². The standard InChI is InChI=1S/C20H20N2O3/c1-25-19-8-3-2-7-18(19)15-22(11-12-23)20(24)10-9-16-5-4-6-17(13-16)14-21/h2-10,13,23H,11-12,15H2,1H3/b10-9+. The molecule has 2 rings (SSSR count). The van der Waals surface area contributed by atoms with Gasteiger partial charge in [-0.05, 0) is 29.8 Å². The van der Waals surface area contributed by atoms with Gasteiger partial charge >= 0.3 is 0 Å². The SMILES string of the molecule is COc1ccccc1CN(CCO)C(=O)/C=C/c1cccc(C#N)c1. The zero-order chi connectivity index (χ0) is 18.1. The van der Waals surface area contributed by atoms with Crippen molar-refractivity contribution < 1.29 is 14.6 Å². The first kappa shape index (κ1) is 18.2. The van der Waals surface area contributed by atoms with Crippen molar-refractivity contribution in [1.29, 1.82) is 5.26 Å². The largest absolute Gasteiger partial charge is 0.496 e. The number of hydrogen-bond donors (Lipinski definition) is 1. The minimum absolute atomic E-state index is 0.126. The lowest BCUT2D eigenvalue weighted by Gasteiger charge is -2.21. The first-order valence-electron chi connectivity index (χ1n) is 7.88. The van der Waals surface area contributed by atoms with Gasteiger partial charge in [0.1, 0.15) is 5.75 Å². The molecule has 5 heteroatoms. The third-order valence-corrected chi connectivity index (χ3v) is 3.67. The number of nitriles is 1. The Hall–Kier alpha value is -3.10. The molecule has 0 saturated carbocycles. The van der Waals surface area contributed by atoms with Gasteiger partial charge in [0.15, 0.2) is 0 Å². The summed E-state index contributed by atoms with van der Waals surface area (Å²) in [5.74, 6) is 0.478. The fourth-order valence-electron chi connectivity index (χ4n) is 2.41. The lowest BCUT2D eigenvalue weighted by molar-refractivity contribution is -0.127. The van der Waals surface area contributed by atoms with Gasteiger partial charge in [0.25, 0.3) is 0 Å². The maximum absolute atomic E-state index is 12.5. The molecule has 25 heavy (non-hydrogen) atoms. The average molecular weight is 336 g/mol. The zero-order valence-electron chi connectivity index (χ0n) is 14.1. The smallest absolute Gasteiger partial charge is 0.246 e. The van der Waals surface area contributed by atoms with Gasteiger partial charge < -0.3 is 14.7 Å². The highest BCUT2D eigenvalue weighted by molar-refractivity contribution is 5.91. The van der Waals surface area contributed by atoms with Gasteiger partial charge in [-0.3, -0.25) is 4.79 Å². The van der Waals surface area contributed by atoms with E-state index in [9.17, 15) is 9.90 Å². The molecule has 0 spiro atoms. The van der Waals surface area contributed by atoms with Crippen molar-refractivity contribution in [2.24, 2.45) is 0 Å². The van der Waals surface area contributed by atoms with Crippen LogP contribution in [-0.2, 0) is 11.3 Å². The van der Waals surface area contributed by atoms with Crippen molar-refractivity contribution in [1.82, 2.24) is 4.90 Å². The number of aliphatic hydroxyl groups is 1. The van der Waals surface area contributed by atoms with Crippen LogP contribution in [-0.4, -0.2) is 36.2 Å². The fourth-order valence-corrected chi connectivity index (χ4v) is 2.41. The van der Waals surface area contributed by atoms with Crippen LogP contribution in [0.4, 0.5) is 0 Å². The summed E-state index contributed by atoms with van der Waals surface area (Å²) >= 11 is 0. The van der Waals surface area contributed by atoms with E-state index in [-0.39, 0.29) is 19.1 Å². The number of para-hydroxylation sites is 1. The second-order valence-corrected chi connectivity index (χ2v) is 5.37. The topological polar surface area (TPSA) is 73.6 Å². The third-order valence-electron chi connectivity index (χ3n) is 3.67. The Morgan fingerprint density at radius 1 is 1.28 bits per heavy atom. The normalized spacial score (nSPS) is 10.4. The quantitative estimate of drug-likeness (QED) is 0.789. The molecule has 128 valence electrons. The number of benzene rings is 2. The Morgan fingerprint density at radius 2 is 2.08 bits per heavy atom. The van der Waals surface area contributed by atoms with Crippen LogP contribution in [0.5, 0.6) is 5.75 Å². The van der Waals surface area contributed by atoms with Crippen LogP contribution < -0.4 is 4.74 Å². The minimum Gasteiger partial charge on any atom is -0.496 e. The molecule has 0 heterocycles. The van der Waals surface area contributed by atoms with E-state index in [4.69, 9.17) is 10.00 Å². The molecule has 1 amide bonds. The predicted molar refractivity (Wildman–Crippen MR) is 95.7 cm³/mol. The van der Waals surface area contributed by atoms with Gasteiger partial charge in [-0.1, -0.05) is 30.3 Å². The molecule has 2 aromatic rings. The molecule has 0 aliphatic heterocycles. The second kappa shape index (κ2) is 9.26. The van der Waals surface area contributed by atoms with Crippen molar-refractivity contribution >= 4 is 12.0 Å². The van der Waals surface area contributed by atoms with E-state index in [1.165, 1.54) is 6.08 Å². The van der Waals surface area contributed by atoms with Crippen molar-refractivity contribution in [3.8, 4) is 11.8 Å². The lowest BCUT2D eigenvalue weighted by Crippen LogP contribution is -2.31. The Labute approximate surface area is 147 Å².